The number of hydrogen-bond acceptors (Lipinski definition) is 1. The van der Waals surface area contributed by atoms with E-state index in [1.807, 2.05) is 24.3 Å². The van der Waals surface area contributed by atoms with Crippen LogP contribution >= 0.6 is 15.9 Å². The van der Waals surface area contributed by atoms with Crippen molar-refractivity contribution in [2.24, 2.45) is 5.73 Å². The molecule has 2 amide bonds. The highest BCUT2D eigenvalue weighted by atomic mass is 79.9. The Morgan fingerprint density at radius 1 is 1.57 bits per heavy atom. The minimum Gasteiger partial charge on any atom is -0.351 e. The van der Waals surface area contributed by atoms with Gasteiger partial charge in [-0.3, -0.25) is 4.90 Å². The predicted octanol–water partition coefficient (Wildman–Crippen LogP) is 2.52. The van der Waals surface area contributed by atoms with E-state index in [1.54, 1.807) is 6.08 Å². The largest absolute Gasteiger partial charge is 0.351 e. The standard InChI is InChI=1S/C10H11BrN2O/c1-2-7-13(10(12)14)9-6-4-3-5-8(9)11/h2-6H,1,7H2,(H2,12,14). The van der Waals surface area contributed by atoms with Crippen LogP contribution in [0.3, 0.4) is 0 Å². The number of benzene rings is 1. The fourth-order valence-electron chi connectivity index (χ4n) is 1.11. The van der Waals surface area contributed by atoms with Crippen LogP contribution in [-0.4, -0.2) is 12.6 Å². The molecule has 0 fully saturated rings. The van der Waals surface area contributed by atoms with Gasteiger partial charge in [0.25, 0.3) is 0 Å². The number of carbonyl (C=O) groups is 1. The van der Waals surface area contributed by atoms with Gasteiger partial charge in [0.05, 0.1) is 5.69 Å². The summed E-state index contributed by atoms with van der Waals surface area (Å²) in [5, 5.41) is 0. The summed E-state index contributed by atoms with van der Waals surface area (Å²) in [6.07, 6.45) is 1.63. The summed E-state index contributed by atoms with van der Waals surface area (Å²) in [6.45, 7) is 3.97. The topological polar surface area (TPSA) is 46.3 Å². The fraction of sp³-hybridized carbons (Fsp3) is 0.100. The van der Waals surface area contributed by atoms with Crippen LogP contribution in [0.25, 0.3) is 0 Å². The monoisotopic (exact) mass is 254 g/mol. The molecule has 14 heavy (non-hydrogen) atoms. The van der Waals surface area contributed by atoms with Gasteiger partial charge in [-0.05, 0) is 28.1 Å². The molecule has 0 aliphatic heterocycles. The van der Waals surface area contributed by atoms with Crippen molar-refractivity contribution >= 4 is 27.6 Å². The second-order valence-corrected chi connectivity index (χ2v) is 3.54. The minimum atomic E-state index is -0.489. The SMILES string of the molecule is C=CCN(C(N)=O)c1ccccc1Br. The van der Waals surface area contributed by atoms with E-state index in [9.17, 15) is 4.79 Å². The van der Waals surface area contributed by atoms with E-state index in [4.69, 9.17) is 5.73 Å². The van der Waals surface area contributed by atoms with Crippen LogP contribution in [0.2, 0.25) is 0 Å². The summed E-state index contributed by atoms with van der Waals surface area (Å²) in [6, 6.07) is 6.91. The quantitative estimate of drug-likeness (QED) is 0.829. The van der Waals surface area contributed by atoms with Gasteiger partial charge in [0, 0.05) is 11.0 Å². The van der Waals surface area contributed by atoms with Gasteiger partial charge in [-0.15, -0.1) is 6.58 Å². The van der Waals surface area contributed by atoms with E-state index in [0.29, 0.717) is 6.54 Å². The molecule has 74 valence electrons. The minimum absolute atomic E-state index is 0.401. The highest BCUT2D eigenvalue weighted by molar-refractivity contribution is 9.10. The third kappa shape index (κ3) is 2.35. The molecule has 3 nitrogen and oxygen atoms in total. The van der Waals surface area contributed by atoms with E-state index in [0.717, 1.165) is 10.2 Å². The van der Waals surface area contributed by atoms with Crippen LogP contribution in [0.1, 0.15) is 0 Å². The molecule has 0 aliphatic carbocycles. The number of halogens is 1. The molecule has 0 radical (unpaired) electrons. The van der Waals surface area contributed by atoms with Crippen LogP contribution in [0.15, 0.2) is 41.4 Å². The average Bonchev–Trinajstić information content (AvgIpc) is 2.15. The third-order valence-electron chi connectivity index (χ3n) is 1.72. The maximum atomic E-state index is 11.1. The zero-order valence-electron chi connectivity index (χ0n) is 7.61. The van der Waals surface area contributed by atoms with Gasteiger partial charge in [0.15, 0.2) is 0 Å². The molecule has 0 aliphatic rings. The molecule has 0 aromatic heterocycles. The number of amides is 2. The van der Waals surface area contributed by atoms with Crippen molar-refractivity contribution in [3.8, 4) is 0 Å². The van der Waals surface area contributed by atoms with Crippen molar-refractivity contribution in [2.75, 3.05) is 11.4 Å². The first kappa shape index (κ1) is 10.8. The first-order valence-electron chi connectivity index (χ1n) is 4.09. The second kappa shape index (κ2) is 4.81. The van der Waals surface area contributed by atoms with E-state index in [-0.39, 0.29) is 0 Å². The molecule has 0 unspecified atom stereocenters. The van der Waals surface area contributed by atoms with E-state index in [1.165, 1.54) is 4.90 Å². The normalized spacial score (nSPS) is 9.50. The summed E-state index contributed by atoms with van der Waals surface area (Å²) in [5.41, 5.74) is 5.99. The third-order valence-corrected chi connectivity index (χ3v) is 2.39. The first-order valence-corrected chi connectivity index (χ1v) is 4.88. The van der Waals surface area contributed by atoms with Gasteiger partial charge in [0.1, 0.15) is 0 Å². The Labute approximate surface area is 91.3 Å². The molecular weight excluding hydrogens is 244 g/mol. The van der Waals surface area contributed by atoms with Gasteiger partial charge in [-0.25, -0.2) is 4.79 Å². The molecule has 0 atom stereocenters. The Hall–Kier alpha value is -1.29. The van der Waals surface area contributed by atoms with Crippen molar-refractivity contribution in [2.45, 2.75) is 0 Å². The Morgan fingerprint density at radius 3 is 2.71 bits per heavy atom. The summed E-state index contributed by atoms with van der Waals surface area (Å²) in [7, 11) is 0. The molecule has 4 heteroatoms. The lowest BCUT2D eigenvalue weighted by atomic mass is 10.3. The van der Waals surface area contributed by atoms with Crippen molar-refractivity contribution in [3.63, 3.8) is 0 Å². The first-order chi connectivity index (χ1) is 6.66. The number of carbonyl (C=O) groups excluding carboxylic acids is 1. The molecule has 0 spiro atoms. The van der Waals surface area contributed by atoms with Crippen LogP contribution < -0.4 is 10.6 Å². The number of hydrogen-bond donors (Lipinski definition) is 1. The highest BCUT2D eigenvalue weighted by Gasteiger charge is 2.12. The highest BCUT2D eigenvalue weighted by Crippen LogP contribution is 2.25. The van der Waals surface area contributed by atoms with Crippen LogP contribution in [0, 0.1) is 0 Å². The zero-order valence-corrected chi connectivity index (χ0v) is 9.20. The second-order valence-electron chi connectivity index (χ2n) is 2.69. The molecule has 1 aromatic carbocycles. The van der Waals surface area contributed by atoms with Crippen molar-refractivity contribution in [3.05, 3.63) is 41.4 Å². The van der Waals surface area contributed by atoms with Crippen LogP contribution in [-0.2, 0) is 0 Å². The number of primary amides is 1. The van der Waals surface area contributed by atoms with Crippen LogP contribution in [0.5, 0.6) is 0 Å². The lowest BCUT2D eigenvalue weighted by Gasteiger charge is -2.19. The Kier molecular flexibility index (Phi) is 3.71. The van der Waals surface area contributed by atoms with E-state index >= 15 is 0 Å². The maximum Gasteiger partial charge on any atom is 0.319 e. The molecule has 2 N–H and O–H groups in total. The summed E-state index contributed by atoms with van der Waals surface area (Å²) < 4.78 is 0.834. The maximum absolute atomic E-state index is 11.1. The van der Waals surface area contributed by atoms with Gasteiger partial charge >= 0.3 is 6.03 Å². The van der Waals surface area contributed by atoms with Gasteiger partial charge in [-0.2, -0.15) is 0 Å². The number of rotatable bonds is 3. The number of nitrogens with two attached hydrogens (primary N) is 1. The van der Waals surface area contributed by atoms with Crippen molar-refractivity contribution in [1.29, 1.82) is 0 Å². The lowest BCUT2D eigenvalue weighted by molar-refractivity contribution is 0.254. The summed E-state index contributed by atoms with van der Waals surface area (Å²) in [4.78, 5) is 12.6. The fourth-order valence-corrected chi connectivity index (χ4v) is 1.61. The lowest BCUT2D eigenvalue weighted by Crippen LogP contribution is -2.36. The Balaban J connectivity index is 3.04. The Bertz CT molecular complexity index is 352. The van der Waals surface area contributed by atoms with E-state index < -0.39 is 6.03 Å². The number of nitrogens with zero attached hydrogens (tertiary/aromatic N) is 1. The smallest absolute Gasteiger partial charge is 0.319 e. The number of para-hydroxylation sites is 1. The number of urea groups is 1. The van der Waals surface area contributed by atoms with Gasteiger partial charge in [0.2, 0.25) is 0 Å². The molecule has 1 aromatic rings. The van der Waals surface area contributed by atoms with Gasteiger partial charge < -0.3 is 5.73 Å². The molecule has 0 saturated heterocycles. The number of anilines is 1. The van der Waals surface area contributed by atoms with Crippen LogP contribution in [0.4, 0.5) is 10.5 Å². The van der Waals surface area contributed by atoms with Gasteiger partial charge in [-0.1, -0.05) is 18.2 Å². The van der Waals surface area contributed by atoms with Crippen molar-refractivity contribution < 1.29 is 4.79 Å². The van der Waals surface area contributed by atoms with E-state index in [2.05, 4.69) is 22.5 Å². The molecule has 0 saturated carbocycles. The molecule has 0 bridgehead atoms. The Morgan fingerprint density at radius 2 is 2.21 bits per heavy atom. The van der Waals surface area contributed by atoms with Crippen molar-refractivity contribution in [1.82, 2.24) is 0 Å². The summed E-state index contributed by atoms with van der Waals surface area (Å²) in [5.74, 6) is 0. The molecule has 1 rings (SSSR count). The molecule has 0 heterocycles. The zero-order chi connectivity index (χ0) is 10.6. The predicted molar refractivity (Wildman–Crippen MR) is 61.3 cm³/mol. The molecular formula is C10H11BrN2O. The summed E-state index contributed by atoms with van der Waals surface area (Å²) >= 11 is 3.35. The average molecular weight is 255 g/mol.